The van der Waals surface area contributed by atoms with Gasteiger partial charge in [-0.1, -0.05) is 0 Å². The number of nitrogens with zero attached hydrogens (tertiary/aromatic N) is 3. The second-order valence-electron chi connectivity index (χ2n) is 7.88. The summed E-state index contributed by atoms with van der Waals surface area (Å²) in [5.41, 5.74) is -0.810. The Labute approximate surface area is 189 Å². The summed E-state index contributed by atoms with van der Waals surface area (Å²) < 4.78 is 45.0. The standard InChI is InChI=1S/C19H19F3N4O6S/c1-8(27)32-6-10-7-33-17-14(16(29)26(17)15(10)18(30)31)23-13(28)5-25-11(9-2-3-9)4-12(24-25)19(20,21)22/h4,9,14,17H,2-3,5-7H2,1H3,(H,23,28)(H,30,31)/t14-,17-/m1/s1. The number of thioether (sulfide) groups is 1. The molecule has 1 aromatic heterocycles. The zero-order valence-electron chi connectivity index (χ0n) is 17.2. The fourth-order valence-electron chi connectivity index (χ4n) is 3.74. The number of β-lactam (4-membered cyclic amide) rings is 1. The third kappa shape index (κ3) is 4.56. The zero-order valence-corrected chi connectivity index (χ0v) is 18.0. The summed E-state index contributed by atoms with van der Waals surface area (Å²) in [5, 5.41) is 14.8. The molecule has 1 aliphatic carbocycles. The molecule has 2 fully saturated rings. The summed E-state index contributed by atoms with van der Waals surface area (Å²) in [6.07, 6.45) is -3.23. The fourth-order valence-corrected chi connectivity index (χ4v) is 5.07. The van der Waals surface area contributed by atoms with Crippen LogP contribution in [0.5, 0.6) is 0 Å². The topological polar surface area (TPSA) is 131 Å². The maximum absolute atomic E-state index is 13.0. The first-order valence-electron chi connectivity index (χ1n) is 9.95. The van der Waals surface area contributed by atoms with Crippen molar-refractivity contribution in [3.8, 4) is 0 Å². The molecule has 2 amide bonds. The molecule has 0 spiro atoms. The van der Waals surface area contributed by atoms with Crippen LogP contribution < -0.4 is 5.32 Å². The van der Waals surface area contributed by atoms with Gasteiger partial charge in [-0.25, -0.2) is 4.79 Å². The fraction of sp³-hybridized carbons (Fsp3) is 0.526. The lowest BCUT2D eigenvalue weighted by Crippen LogP contribution is -2.70. The highest BCUT2D eigenvalue weighted by atomic mass is 32.2. The Hall–Kier alpha value is -3.03. The van der Waals surface area contributed by atoms with Crippen molar-refractivity contribution in [2.45, 2.75) is 49.8 Å². The summed E-state index contributed by atoms with van der Waals surface area (Å²) in [4.78, 5) is 48.9. The van der Waals surface area contributed by atoms with Gasteiger partial charge in [-0.2, -0.15) is 18.3 Å². The molecule has 0 radical (unpaired) electrons. The molecule has 1 saturated carbocycles. The maximum atomic E-state index is 13.0. The number of nitrogens with one attached hydrogen (secondary N) is 1. The van der Waals surface area contributed by atoms with Gasteiger partial charge in [0.2, 0.25) is 5.91 Å². The van der Waals surface area contributed by atoms with Crippen molar-refractivity contribution in [2.24, 2.45) is 0 Å². The molecule has 33 heavy (non-hydrogen) atoms. The minimum absolute atomic E-state index is 0.0879. The molecule has 10 nitrogen and oxygen atoms in total. The van der Waals surface area contributed by atoms with Crippen molar-refractivity contribution >= 4 is 35.5 Å². The Kier molecular flexibility index (Phi) is 5.88. The van der Waals surface area contributed by atoms with Gasteiger partial charge in [0.25, 0.3) is 5.91 Å². The first-order chi connectivity index (χ1) is 15.5. The van der Waals surface area contributed by atoms with Gasteiger partial charge in [-0.05, 0) is 18.9 Å². The molecule has 2 atom stereocenters. The number of ether oxygens (including phenoxy) is 1. The van der Waals surface area contributed by atoms with Crippen molar-refractivity contribution in [2.75, 3.05) is 12.4 Å². The average Bonchev–Trinajstić information content (AvgIpc) is 3.48. The van der Waals surface area contributed by atoms with Crippen molar-refractivity contribution in [1.29, 1.82) is 0 Å². The van der Waals surface area contributed by atoms with Crippen LogP contribution in [0.4, 0.5) is 13.2 Å². The van der Waals surface area contributed by atoms with E-state index in [1.54, 1.807) is 0 Å². The van der Waals surface area contributed by atoms with E-state index in [1.807, 2.05) is 0 Å². The number of aliphatic carboxylic acids is 1. The zero-order chi connectivity index (χ0) is 24.1. The second kappa shape index (κ2) is 8.39. The number of hydrogen-bond donors (Lipinski definition) is 2. The Balaban J connectivity index is 1.45. The van der Waals surface area contributed by atoms with Crippen molar-refractivity contribution in [1.82, 2.24) is 20.0 Å². The van der Waals surface area contributed by atoms with Gasteiger partial charge in [0.15, 0.2) is 5.69 Å². The van der Waals surface area contributed by atoms with Gasteiger partial charge >= 0.3 is 18.1 Å². The van der Waals surface area contributed by atoms with Crippen molar-refractivity contribution < 1.29 is 42.2 Å². The van der Waals surface area contributed by atoms with Gasteiger partial charge in [-0.15, -0.1) is 11.8 Å². The number of aromatic nitrogens is 2. The van der Waals surface area contributed by atoms with E-state index in [9.17, 15) is 37.5 Å². The third-order valence-corrected chi connectivity index (χ3v) is 6.75. The highest BCUT2D eigenvalue weighted by Gasteiger charge is 2.54. The minimum Gasteiger partial charge on any atom is -0.477 e. The highest BCUT2D eigenvalue weighted by molar-refractivity contribution is 8.00. The minimum atomic E-state index is -4.64. The SMILES string of the molecule is CC(=O)OCC1=C(C(=O)O)N2C(=O)[C@@H](NC(=O)Cn3nc(C(F)(F)F)cc3C3CC3)[C@H]2SC1. The molecule has 1 aromatic rings. The lowest BCUT2D eigenvalue weighted by Gasteiger charge is -2.49. The number of esters is 1. The molecule has 0 bridgehead atoms. The van der Waals surface area contributed by atoms with Crippen LogP contribution in [0.25, 0.3) is 0 Å². The molecule has 1 saturated heterocycles. The number of amides is 2. The van der Waals surface area contributed by atoms with E-state index in [0.29, 0.717) is 18.5 Å². The van der Waals surface area contributed by atoms with Crippen LogP contribution in [0.1, 0.15) is 37.1 Å². The molecule has 2 N–H and O–H groups in total. The van der Waals surface area contributed by atoms with Crippen LogP contribution in [0.2, 0.25) is 0 Å². The van der Waals surface area contributed by atoms with Crippen LogP contribution in [-0.2, 0) is 36.6 Å². The summed E-state index contributed by atoms with van der Waals surface area (Å²) in [6.45, 7) is 0.400. The Bertz CT molecular complexity index is 1060. The lowest BCUT2D eigenvalue weighted by molar-refractivity contribution is -0.151. The molecule has 0 unspecified atom stereocenters. The first kappa shape index (κ1) is 23.1. The van der Waals surface area contributed by atoms with E-state index in [-0.39, 0.29) is 29.5 Å². The third-order valence-electron chi connectivity index (χ3n) is 5.41. The van der Waals surface area contributed by atoms with Crippen LogP contribution in [-0.4, -0.2) is 67.3 Å². The first-order valence-corrected chi connectivity index (χ1v) is 11.0. The molecule has 3 aliphatic rings. The Morgan fingerprint density at radius 2 is 2.03 bits per heavy atom. The van der Waals surface area contributed by atoms with E-state index in [0.717, 1.165) is 15.6 Å². The number of carbonyl (C=O) groups excluding carboxylic acids is 3. The van der Waals surface area contributed by atoms with Gasteiger partial charge in [0, 0.05) is 29.9 Å². The van der Waals surface area contributed by atoms with E-state index in [1.165, 1.54) is 18.7 Å². The summed E-state index contributed by atoms with van der Waals surface area (Å²) in [6, 6.07) is -0.0959. The quantitative estimate of drug-likeness (QED) is 0.431. The molecular formula is C19H19F3N4O6S. The second-order valence-corrected chi connectivity index (χ2v) is 8.98. The number of halogens is 3. The summed E-state index contributed by atoms with van der Waals surface area (Å²) in [7, 11) is 0. The predicted octanol–water partition coefficient (Wildman–Crippen LogP) is 1.08. The molecule has 0 aromatic carbocycles. The van der Waals surface area contributed by atoms with E-state index in [2.05, 4.69) is 10.4 Å². The Morgan fingerprint density at radius 3 is 2.61 bits per heavy atom. The number of rotatable bonds is 7. The van der Waals surface area contributed by atoms with Crippen molar-refractivity contribution in [3.05, 3.63) is 28.7 Å². The number of carboxylic acids is 1. The van der Waals surface area contributed by atoms with Crippen LogP contribution in [0.15, 0.2) is 17.3 Å². The van der Waals surface area contributed by atoms with Gasteiger partial charge in [0.05, 0.1) is 0 Å². The molecular weight excluding hydrogens is 469 g/mol. The summed E-state index contributed by atoms with van der Waals surface area (Å²) >= 11 is 1.19. The van der Waals surface area contributed by atoms with Crippen LogP contribution in [0, 0.1) is 0 Å². The average molecular weight is 488 g/mol. The molecule has 4 rings (SSSR count). The van der Waals surface area contributed by atoms with Gasteiger partial charge in [-0.3, -0.25) is 24.0 Å². The number of carbonyl (C=O) groups is 4. The summed E-state index contributed by atoms with van der Waals surface area (Å²) in [5.74, 6) is -3.27. The van der Waals surface area contributed by atoms with Crippen LogP contribution in [0.3, 0.4) is 0 Å². The smallest absolute Gasteiger partial charge is 0.435 e. The van der Waals surface area contributed by atoms with E-state index in [4.69, 9.17) is 4.74 Å². The number of hydrogen-bond acceptors (Lipinski definition) is 7. The number of fused-ring (bicyclic) bond motifs is 1. The highest BCUT2D eigenvalue weighted by Crippen LogP contribution is 2.42. The molecule has 14 heteroatoms. The largest absolute Gasteiger partial charge is 0.477 e. The van der Waals surface area contributed by atoms with Gasteiger partial charge in [0.1, 0.15) is 30.3 Å². The molecule has 178 valence electrons. The lowest BCUT2D eigenvalue weighted by atomic mass is 10.0. The molecule has 2 aliphatic heterocycles. The normalized spacial score (nSPS) is 22.5. The monoisotopic (exact) mass is 488 g/mol. The van der Waals surface area contributed by atoms with Gasteiger partial charge < -0.3 is 15.2 Å². The van der Waals surface area contributed by atoms with Crippen molar-refractivity contribution in [3.63, 3.8) is 0 Å². The molecule has 3 heterocycles. The van der Waals surface area contributed by atoms with Crippen LogP contribution >= 0.6 is 11.8 Å². The maximum Gasteiger partial charge on any atom is 0.435 e. The number of alkyl halides is 3. The van der Waals surface area contributed by atoms with E-state index < -0.39 is 53.6 Å². The Morgan fingerprint density at radius 1 is 1.33 bits per heavy atom. The predicted molar refractivity (Wildman–Crippen MR) is 106 cm³/mol. The van der Waals surface area contributed by atoms with E-state index >= 15 is 0 Å². The number of carboxylic acid groups (broad SMARTS) is 1.